The zero-order valence-corrected chi connectivity index (χ0v) is 13.5. The fourth-order valence-corrected chi connectivity index (χ4v) is 2.14. The topological polar surface area (TPSA) is 0 Å². The van der Waals surface area contributed by atoms with Gasteiger partial charge in [0.2, 0.25) is 0 Å². The van der Waals surface area contributed by atoms with E-state index in [1.165, 1.54) is 51.4 Å². The Hall–Kier alpha value is -1.58. The predicted molar refractivity (Wildman–Crippen MR) is 94.6 cm³/mol. The maximum atomic E-state index is 5.22. The molecule has 0 saturated heterocycles. The maximum Gasteiger partial charge on any atom is 0.00916 e. The third-order valence-electron chi connectivity index (χ3n) is 3.38. The minimum absolute atomic E-state index is 0.943. The largest absolute Gasteiger partial charge is 0.120 e. The van der Waals surface area contributed by atoms with Crippen molar-refractivity contribution >= 4 is 0 Å². The Morgan fingerprint density at radius 3 is 1.71 bits per heavy atom. The van der Waals surface area contributed by atoms with E-state index in [2.05, 4.69) is 23.7 Å². The highest BCUT2D eigenvalue weighted by atomic mass is 14.0. The summed E-state index contributed by atoms with van der Waals surface area (Å²) in [4.78, 5) is 0. The lowest BCUT2D eigenvalue weighted by atomic mass is 10.1. The molecule has 0 aromatic carbocycles. The van der Waals surface area contributed by atoms with Gasteiger partial charge in [-0.25, -0.2) is 0 Å². The van der Waals surface area contributed by atoms with Crippen LogP contribution in [0.5, 0.6) is 0 Å². The number of terminal acetylenes is 2. The summed E-state index contributed by atoms with van der Waals surface area (Å²) in [7, 11) is 0. The summed E-state index contributed by atoms with van der Waals surface area (Å²) >= 11 is 0. The van der Waals surface area contributed by atoms with Gasteiger partial charge in [-0.1, -0.05) is 50.5 Å². The molecule has 0 atom stereocenters. The first kappa shape index (κ1) is 19.4. The van der Waals surface area contributed by atoms with E-state index in [-0.39, 0.29) is 0 Å². The Kier molecular flexibility index (Phi) is 17.0. The van der Waals surface area contributed by atoms with Crippen LogP contribution < -0.4 is 0 Å². The van der Waals surface area contributed by atoms with Crippen LogP contribution in [0.25, 0.3) is 0 Å². The first-order valence-corrected chi connectivity index (χ1v) is 8.42. The second-order valence-corrected chi connectivity index (χ2v) is 5.35. The molecule has 0 N–H and O–H groups in total. The van der Waals surface area contributed by atoms with Crippen LogP contribution in [0.15, 0.2) is 12.2 Å². The van der Waals surface area contributed by atoms with Gasteiger partial charge in [0.1, 0.15) is 0 Å². The molecule has 0 rings (SSSR count). The second kappa shape index (κ2) is 18.4. The number of hydrogen-bond donors (Lipinski definition) is 0. The minimum atomic E-state index is 0.943. The highest BCUT2D eigenvalue weighted by molar-refractivity contribution is 5.08. The fraction of sp³-hybridized carbons (Fsp3) is 0.619. The monoisotopic (exact) mass is 282 g/mol. The van der Waals surface area contributed by atoms with Gasteiger partial charge in [0.05, 0.1) is 0 Å². The van der Waals surface area contributed by atoms with Gasteiger partial charge in [0.25, 0.3) is 0 Å². The molecule has 0 aliphatic heterocycles. The zero-order chi connectivity index (χ0) is 15.4. The highest BCUT2D eigenvalue weighted by Crippen LogP contribution is 2.10. The first-order chi connectivity index (χ1) is 10.4. The van der Waals surface area contributed by atoms with Crippen LogP contribution in [0.3, 0.4) is 0 Å². The van der Waals surface area contributed by atoms with Crippen molar-refractivity contribution < 1.29 is 0 Å². The van der Waals surface area contributed by atoms with Crippen LogP contribution >= 0.6 is 0 Å². The summed E-state index contributed by atoms with van der Waals surface area (Å²) < 4.78 is 0. The number of hydrogen-bond acceptors (Lipinski definition) is 0. The van der Waals surface area contributed by atoms with Crippen molar-refractivity contribution in [3.63, 3.8) is 0 Å². The molecular formula is C21H30. The normalized spacial score (nSPS) is 9.81. The predicted octanol–water partition coefficient (Wildman–Crippen LogP) is 5.88. The molecule has 0 aromatic heterocycles. The third-order valence-corrected chi connectivity index (χ3v) is 3.38. The van der Waals surface area contributed by atoms with E-state index in [1.54, 1.807) is 6.08 Å². The Balaban J connectivity index is 3.14. The molecule has 0 nitrogen and oxygen atoms in total. The lowest BCUT2D eigenvalue weighted by Crippen LogP contribution is -1.81. The fourth-order valence-electron chi connectivity index (χ4n) is 2.14. The molecule has 0 aromatic rings. The van der Waals surface area contributed by atoms with Gasteiger partial charge >= 0.3 is 0 Å². The summed E-state index contributed by atoms with van der Waals surface area (Å²) in [5, 5.41) is 0. The summed E-state index contributed by atoms with van der Waals surface area (Å²) in [5.74, 6) is 11.7. The van der Waals surface area contributed by atoms with Crippen molar-refractivity contribution in [2.75, 3.05) is 0 Å². The molecule has 0 fully saturated rings. The summed E-state index contributed by atoms with van der Waals surface area (Å²) in [6.07, 6.45) is 29.8. The van der Waals surface area contributed by atoms with Gasteiger partial charge in [0, 0.05) is 19.3 Å². The molecule has 0 aliphatic carbocycles. The summed E-state index contributed by atoms with van der Waals surface area (Å²) in [5.41, 5.74) is 0. The van der Waals surface area contributed by atoms with E-state index in [4.69, 9.17) is 12.8 Å². The first-order valence-electron chi connectivity index (χ1n) is 8.42. The van der Waals surface area contributed by atoms with Gasteiger partial charge < -0.3 is 0 Å². The average molecular weight is 282 g/mol. The van der Waals surface area contributed by atoms with E-state index >= 15 is 0 Å². The summed E-state index contributed by atoms with van der Waals surface area (Å²) in [6.45, 7) is 0. The Morgan fingerprint density at radius 1 is 0.619 bits per heavy atom. The van der Waals surface area contributed by atoms with E-state index in [1.807, 2.05) is 6.08 Å². The molecule has 0 saturated carbocycles. The van der Waals surface area contributed by atoms with E-state index in [0.29, 0.717) is 0 Å². The third kappa shape index (κ3) is 18.4. The number of allylic oxidation sites excluding steroid dienone is 2. The van der Waals surface area contributed by atoms with Crippen molar-refractivity contribution in [3.05, 3.63) is 12.2 Å². The van der Waals surface area contributed by atoms with Gasteiger partial charge in [-0.3, -0.25) is 0 Å². The number of unbranched alkanes of at least 4 members (excludes halogenated alkanes) is 11. The second-order valence-electron chi connectivity index (χ2n) is 5.35. The molecular weight excluding hydrogens is 252 g/mol. The van der Waals surface area contributed by atoms with Gasteiger partial charge in [-0.2, -0.15) is 0 Å². The Morgan fingerprint density at radius 2 is 1.14 bits per heavy atom. The summed E-state index contributed by atoms with van der Waals surface area (Å²) in [6, 6.07) is 0. The SMILES string of the molecule is C#CC=CCCCC#CCCCCCCCCCCC#C. The molecule has 0 heteroatoms. The van der Waals surface area contributed by atoms with Crippen molar-refractivity contribution in [2.24, 2.45) is 0 Å². The van der Waals surface area contributed by atoms with E-state index in [0.717, 1.165) is 32.1 Å². The molecule has 114 valence electrons. The van der Waals surface area contributed by atoms with Crippen LogP contribution in [0, 0.1) is 36.5 Å². The highest BCUT2D eigenvalue weighted by Gasteiger charge is 1.91. The van der Waals surface area contributed by atoms with Crippen molar-refractivity contribution in [1.82, 2.24) is 0 Å². The zero-order valence-electron chi connectivity index (χ0n) is 13.5. The lowest BCUT2D eigenvalue weighted by Gasteiger charge is -1.99. The Labute approximate surface area is 132 Å². The Bertz CT molecular complexity index is 375. The van der Waals surface area contributed by atoms with Crippen molar-refractivity contribution in [3.8, 4) is 36.5 Å². The van der Waals surface area contributed by atoms with Crippen LogP contribution in [0.2, 0.25) is 0 Å². The molecule has 0 aliphatic rings. The maximum absolute atomic E-state index is 5.22. The quantitative estimate of drug-likeness (QED) is 0.309. The van der Waals surface area contributed by atoms with Crippen LogP contribution in [0.4, 0.5) is 0 Å². The van der Waals surface area contributed by atoms with Gasteiger partial charge in [0.15, 0.2) is 0 Å². The van der Waals surface area contributed by atoms with Crippen molar-refractivity contribution in [1.29, 1.82) is 0 Å². The average Bonchev–Trinajstić information content (AvgIpc) is 2.50. The van der Waals surface area contributed by atoms with Gasteiger partial charge in [-0.05, 0) is 31.8 Å². The van der Waals surface area contributed by atoms with Crippen LogP contribution in [-0.4, -0.2) is 0 Å². The molecule has 0 unspecified atom stereocenters. The standard InChI is InChI=1S/C21H30/c1-3-5-7-9-11-13-15-17-19-21-20-18-16-14-12-10-8-6-4-2/h1-2,5,7H,6,8-14,16,18-21H2. The number of rotatable bonds is 12. The molecule has 0 spiro atoms. The minimum Gasteiger partial charge on any atom is -0.120 e. The molecule has 0 bridgehead atoms. The molecule has 0 heterocycles. The van der Waals surface area contributed by atoms with Gasteiger partial charge in [-0.15, -0.1) is 30.6 Å². The lowest BCUT2D eigenvalue weighted by molar-refractivity contribution is 0.573. The smallest absolute Gasteiger partial charge is 0.00916 e. The van der Waals surface area contributed by atoms with Crippen molar-refractivity contribution in [2.45, 2.75) is 83.5 Å². The molecule has 21 heavy (non-hydrogen) atoms. The van der Waals surface area contributed by atoms with E-state index < -0.39 is 0 Å². The van der Waals surface area contributed by atoms with Crippen LogP contribution in [-0.2, 0) is 0 Å². The van der Waals surface area contributed by atoms with E-state index in [9.17, 15) is 0 Å². The molecule has 0 radical (unpaired) electrons. The molecule has 0 amide bonds. The van der Waals surface area contributed by atoms with Crippen LogP contribution in [0.1, 0.15) is 83.5 Å².